The molecule has 1 aromatic rings. The SMILES string of the molecule is C#CCCCC(NCCC)c1c(F)cccc1Br. The molecule has 0 aliphatic carbocycles. The smallest absolute Gasteiger partial charge is 0.129 e. The molecule has 1 aromatic carbocycles. The second kappa shape index (κ2) is 8.29. The van der Waals surface area contributed by atoms with Crippen LogP contribution >= 0.6 is 15.9 Å². The fraction of sp³-hybridized carbons (Fsp3) is 0.467. The Hall–Kier alpha value is -0.850. The Balaban J connectivity index is 2.83. The molecule has 0 amide bonds. The summed E-state index contributed by atoms with van der Waals surface area (Å²) in [5.41, 5.74) is 0.711. The molecule has 0 radical (unpaired) electrons. The van der Waals surface area contributed by atoms with Gasteiger partial charge in [0.1, 0.15) is 5.82 Å². The predicted octanol–water partition coefficient (Wildman–Crippen LogP) is 4.43. The van der Waals surface area contributed by atoms with Crippen molar-refractivity contribution < 1.29 is 4.39 Å². The van der Waals surface area contributed by atoms with Crippen molar-refractivity contribution in [3.8, 4) is 12.3 Å². The highest BCUT2D eigenvalue weighted by Crippen LogP contribution is 2.29. The first-order valence-corrected chi connectivity index (χ1v) is 7.10. The Labute approximate surface area is 117 Å². The van der Waals surface area contributed by atoms with Crippen LogP contribution in [0.4, 0.5) is 4.39 Å². The molecule has 0 fully saturated rings. The minimum Gasteiger partial charge on any atom is -0.310 e. The van der Waals surface area contributed by atoms with Crippen LogP contribution in [0.15, 0.2) is 22.7 Å². The average molecular weight is 312 g/mol. The number of nitrogens with one attached hydrogen (secondary N) is 1. The van der Waals surface area contributed by atoms with Gasteiger partial charge in [-0.05, 0) is 37.9 Å². The molecule has 0 aliphatic heterocycles. The van der Waals surface area contributed by atoms with E-state index in [1.165, 1.54) is 6.07 Å². The summed E-state index contributed by atoms with van der Waals surface area (Å²) in [6, 6.07) is 5.11. The van der Waals surface area contributed by atoms with Gasteiger partial charge in [0, 0.05) is 22.5 Å². The largest absolute Gasteiger partial charge is 0.310 e. The van der Waals surface area contributed by atoms with E-state index in [2.05, 4.69) is 34.1 Å². The van der Waals surface area contributed by atoms with Crippen molar-refractivity contribution in [3.63, 3.8) is 0 Å². The summed E-state index contributed by atoms with van der Waals surface area (Å²) >= 11 is 3.43. The molecule has 1 nitrogen and oxygen atoms in total. The lowest BCUT2D eigenvalue weighted by Crippen LogP contribution is -2.23. The maximum absolute atomic E-state index is 13.9. The third kappa shape index (κ3) is 4.44. The summed E-state index contributed by atoms with van der Waals surface area (Å²) in [6.07, 6.45) is 8.77. The average Bonchev–Trinajstić information content (AvgIpc) is 2.35. The molecule has 1 atom stereocenters. The van der Waals surface area contributed by atoms with Crippen molar-refractivity contribution in [1.29, 1.82) is 0 Å². The summed E-state index contributed by atoms with van der Waals surface area (Å²) in [4.78, 5) is 0. The van der Waals surface area contributed by atoms with Gasteiger partial charge in [-0.15, -0.1) is 12.3 Å². The molecular formula is C15H19BrFN. The molecule has 1 rings (SSSR count). The Kier molecular flexibility index (Phi) is 7.00. The number of unbranched alkanes of at least 4 members (excludes halogenated alkanes) is 1. The minimum atomic E-state index is -0.168. The Morgan fingerprint density at radius 1 is 1.50 bits per heavy atom. The van der Waals surface area contributed by atoms with Gasteiger partial charge in [-0.1, -0.05) is 28.9 Å². The zero-order chi connectivity index (χ0) is 13.4. The molecule has 0 bridgehead atoms. The van der Waals surface area contributed by atoms with Crippen molar-refractivity contribution in [3.05, 3.63) is 34.1 Å². The van der Waals surface area contributed by atoms with E-state index in [1.807, 2.05) is 6.07 Å². The topological polar surface area (TPSA) is 12.0 Å². The second-order valence-corrected chi connectivity index (χ2v) is 5.09. The molecular weight excluding hydrogens is 293 g/mol. The molecule has 0 saturated heterocycles. The number of terminal acetylenes is 1. The number of halogens is 2. The fourth-order valence-corrected chi connectivity index (χ4v) is 2.54. The third-order valence-corrected chi connectivity index (χ3v) is 3.49. The first-order chi connectivity index (χ1) is 8.70. The van der Waals surface area contributed by atoms with Gasteiger partial charge in [-0.3, -0.25) is 0 Å². The molecule has 0 saturated carbocycles. The second-order valence-electron chi connectivity index (χ2n) is 4.24. The molecule has 0 aliphatic rings. The Morgan fingerprint density at radius 2 is 2.28 bits per heavy atom. The van der Waals surface area contributed by atoms with Crippen LogP contribution in [0.5, 0.6) is 0 Å². The maximum atomic E-state index is 13.9. The lowest BCUT2D eigenvalue weighted by molar-refractivity contribution is 0.462. The Bertz CT molecular complexity index is 391. The van der Waals surface area contributed by atoms with E-state index in [0.29, 0.717) is 5.56 Å². The lowest BCUT2D eigenvalue weighted by Gasteiger charge is -2.20. The first kappa shape index (κ1) is 15.2. The minimum absolute atomic E-state index is 0.0221. The maximum Gasteiger partial charge on any atom is 0.129 e. The zero-order valence-electron chi connectivity index (χ0n) is 10.7. The Morgan fingerprint density at radius 3 is 2.89 bits per heavy atom. The van der Waals surface area contributed by atoms with Gasteiger partial charge in [-0.25, -0.2) is 4.39 Å². The molecule has 0 spiro atoms. The molecule has 1 N–H and O–H groups in total. The van der Waals surface area contributed by atoms with Gasteiger partial charge in [-0.2, -0.15) is 0 Å². The molecule has 0 heterocycles. The van der Waals surface area contributed by atoms with Crippen molar-refractivity contribution in [2.75, 3.05) is 6.54 Å². The van der Waals surface area contributed by atoms with Gasteiger partial charge in [0.15, 0.2) is 0 Å². The van der Waals surface area contributed by atoms with Crippen molar-refractivity contribution >= 4 is 15.9 Å². The summed E-state index contributed by atoms with van der Waals surface area (Å²) in [7, 11) is 0. The molecule has 1 unspecified atom stereocenters. The van der Waals surface area contributed by atoms with Gasteiger partial charge >= 0.3 is 0 Å². The van der Waals surface area contributed by atoms with E-state index in [4.69, 9.17) is 6.42 Å². The normalized spacial score (nSPS) is 12.1. The number of hydrogen-bond acceptors (Lipinski definition) is 1. The summed E-state index contributed by atoms with van der Waals surface area (Å²) in [5.74, 6) is 2.46. The van der Waals surface area contributed by atoms with E-state index in [1.54, 1.807) is 6.07 Å². The van der Waals surface area contributed by atoms with E-state index < -0.39 is 0 Å². The highest BCUT2D eigenvalue weighted by atomic mass is 79.9. The van der Waals surface area contributed by atoms with E-state index in [0.717, 1.165) is 36.7 Å². The van der Waals surface area contributed by atoms with E-state index in [-0.39, 0.29) is 11.9 Å². The van der Waals surface area contributed by atoms with Crippen LogP contribution in [0.3, 0.4) is 0 Å². The van der Waals surface area contributed by atoms with E-state index >= 15 is 0 Å². The monoisotopic (exact) mass is 311 g/mol. The first-order valence-electron chi connectivity index (χ1n) is 6.31. The van der Waals surface area contributed by atoms with Crippen LogP contribution in [0, 0.1) is 18.2 Å². The highest BCUT2D eigenvalue weighted by Gasteiger charge is 2.17. The molecule has 98 valence electrons. The quantitative estimate of drug-likeness (QED) is 0.580. The van der Waals surface area contributed by atoms with Crippen LogP contribution in [-0.2, 0) is 0 Å². The van der Waals surface area contributed by atoms with Gasteiger partial charge in [0.25, 0.3) is 0 Å². The standard InChI is InChI=1S/C15H19BrFN/c1-3-5-6-10-14(18-11-4-2)15-12(16)8-7-9-13(15)17/h1,7-9,14,18H,4-6,10-11H2,2H3. The third-order valence-electron chi connectivity index (χ3n) is 2.80. The van der Waals surface area contributed by atoms with Crippen LogP contribution in [0.25, 0.3) is 0 Å². The molecule has 3 heteroatoms. The fourth-order valence-electron chi connectivity index (χ4n) is 1.92. The number of hydrogen-bond donors (Lipinski definition) is 1. The predicted molar refractivity (Wildman–Crippen MR) is 77.8 cm³/mol. The number of benzene rings is 1. The van der Waals surface area contributed by atoms with Crippen molar-refractivity contribution in [2.45, 2.75) is 38.6 Å². The lowest BCUT2D eigenvalue weighted by atomic mass is 10.0. The molecule has 0 aromatic heterocycles. The van der Waals surface area contributed by atoms with Gasteiger partial charge in [0.2, 0.25) is 0 Å². The summed E-state index contributed by atoms with van der Waals surface area (Å²) in [6.45, 7) is 2.98. The summed E-state index contributed by atoms with van der Waals surface area (Å²) < 4.78 is 14.7. The summed E-state index contributed by atoms with van der Waals surface area (Å²) in [5, 5.41) is 3.39. The van der Waals surface area contributed by atoms with Crippen LogP contribution < -0.4 is 5.32 Å². The van der Waals surface area contributed by atoms with E-state index in [9.17, 15) is 4.39 Å². The van der Waals surface area contributed by atoms with Gasteiger partial charge < -0.3 is 5.32 Å². The van der Waals surface area contributed by atoms with Gasteiger partial charge in [0.05, 0.1) is 0 Å². The highest BCUT2D eigenvalue weighted by molar-refractivity contribution is 9.10. The number of rotatable bonds is 7. The van der Waals surface area contributed by atoms with Crippen molar-refractivity contribution in [1.82, 2.24) is 5.32 Å². The zero-order valence-corrected chi connectivity index (χ0v) is 12.3. The van der Waals surface area contributed by atoms with Crippen LogP contribution in [-0.4, -0.2) is 6.54 Å². The van der Waals surface area contributed by atoms with Crippen molar-refractivity contribution in [2.24, 2.45) is 0 Å². The van der Waals surface area contributed by atoms with Crippen LogP contribution in [0.1, 0.15) is 44.2 Å². The van der Waals surface area contributed by atoms with Crippen LogP contribution in [0.2, 0.25) is 0 Å². The molecule has 18 heavy (non-hydrogen) atoms.